The van der Waals surface area contributed by atoms with E-state index in [0.29, 0.717) is 41.6 Å². The van der Waals surface area contributed by atoms with Crippen LogP contribution in [0.2, 0.25) is 0 Å². The molecule has 1 aromatic heterocycles. The molecule has 0 unspecified atom stereocenters. The summed E-state index contributed by atoms with van der Waals surface area (Å²) >= 11 is 1.22. The van der Waals surface area contributed by atoms with Gasteiger partial charge in [0.2, 0.25) is 11.8 Å². The zero-order valence-corrected chi connectivity index (χ0v) is 16.6. The van der Waals surface area contributed by atoms with Crippen LogP contribution in [0.5, 0.6) is 0 Å². The topological polar surface area (TPSA) is 79.4 Å². The number of carbonyl (C=O) groups is 3. The van der Waals surface area contributed by atoms with E-state index in [9.17, 15) is 14.4 Å². The summed E-state index contributed by atoms with van der Waals surface area (Å²) in [5.74, 6) is 0.193. The Hall–Kier alpha value is -2.54. The standard InChI is InChI=1S/C21H23N3O3S/c1-13(25)18-17(14-5-3-2-4-6-14)22-21(28-18)23-19(26)15-9-11-24(12-10-15)20(27)16-7-8-16/h2-6,15-16H,7-12H2,1H3,(H,22,23,26). The van der Waals surface area contributed by atoms with Crippen molar-refractivity contribution in [3.8, 4) is 11.3 Å². The smallest absolute Gasteiger partial charge is 0.229 e. The maximum absolute atomic E-state index is 12.7. The summed E-state index contributed by atoms with van der Waals surface area (Å²) in [6.07, 6.45) is 3.35. The first-order valence-corrected chi connectivity index (χ1v) is 10.5. The van der Waals surface area contributed by atoms with Crippen molar-refractivity contribution in [1.29, 1.82) is 0 Å². The van der Waals surface area contributed by atoms with Gasteiger partial charge in [0.1, 0.15) is 0 Å². The summed E-state index contributed by atoms with van der Waals surface area (Å²) in [6.45, 7) is 2.79. The first kappa shape index (κ1) is 18.8. The number of anilines is 1. The second-order valence-corrected chi connectivity index (χ2v) is 8.48. The molecule has 0 radical (unpaired) electrons. The molecule has 2 heterocycles. The molecule has 146 valence electrons. The maximum Gasteiger partial charge on any atom is 0.229 e. The first-order valence-electron chi connectivity index (χ1n) is 9.69. The van der Waals surface area contributed by atoms with Crippen LogP contribution < -0.4 is 5.32 Å². The fourth-order valence-corrected chi connectivity index (χ4v) is 4.45. The highest BCUT2D eigenvalue weighted by Crippen LogP contribution is 2.34. The van der Waals surface area contributed by atoms with Gasteiger partial charge in [-0.05, 0) is 25.7 Å². The first-order chi connectivity index (χ1) is 13.5. The van der Waals surface area contributed by atoms with E-state index in [-0.39, 0.29) is 29.4 Å². The summed E-state index contributed by atoms with van der Waals surface area (Å²) < 4.78 is 0. The lowest BCUT2D eigenvalue weighted by Crippen LogP contribution is -2.42. The number of hydrogen-bond donors (Lipinski definition) is 1. The van der Waals surface area contributed by atoms with Gasteiger partial charge in [0.15, 0.2) is 10.9 Å². The van der Waals surface area contributed by atoms with Crippen molar-refractivity contribution >= 4 is 34.1 Å². The zero-order chi connectivity index (χ0) is 19.7. The predicted octanol–water partition coefficient (Wildman–Crippen LogP) is 3.60. The molecule has 0 atom stereocenters. The Bertz CT molecular complexity index is 897. The molecule has 2 aromatic rings. The fraction of sp³-hybridized carbons (Fsp3) is 0.429. The van der Waals surface area contributed by atoms with Crippen molar-refractivity contribution in [1.82, 2.24) is 9.88 Å². The molecule has 4 rings (SSSR count). The van der Waals surface area contributed by atoms with Gasteiger partial charge in [-0.25, -0.2) is 4.98 Å². The highest BCUT2D eigenvalue weighted by atomic mass is 32.1. The largest absolute Gasteiger partial charge is 0.342 e. The quantitative estimate of drug-likeness (QED) is 0.782. The molecule has 1 N–H and O–H groups in total. The molecule has 2 amide bonds. The van der Waals surface area contributed by atoms with E-state index in [1.165, 1.54) is 18.3 Å². The highest BCUT2D eigenvalue weighted by Gasteiger charge is 2.36. The van der Waals surface area contributed by atoms with E-state index < -0.39 is 0 Å². The molecule has 1 saturated carbocycles. The number of rotatable bonds is 5. The average Bonchev–Trinajstić information content (AvgIpc) is 3.48. The number of amides is 2. The van der Waals surface area contributed by atoms with Gasteiger partial charge in [0.05, 0.1) is 10.6 Å². The third-order valence-electron chi connectivity index (χ3n) is 5.33. The number of Topliss-reactive ketones (excluding diaryl/α,β-unsaturated/α-hetero) is 1. The molecular weight excluding hydrogens is 374 g/mol. The molecule has 6 nitrogen and oxygen atoms in total. The Labute approximate surface area is 168 Å². The van der Waals surface area contributed by atoms with Crippen LogP contribution in [0.25, 0.3) is 11.3 Å². The second-order valence-electron chi connectivity index (χ2n) is 7.48. The van der Waals surface area contributed by atoms with Gasteiger partial charge < -0.3 is 10.2 Å². The van der Waals surface area contributed by atoms with Crippen LogP contribution in [0, 0.1) is 11.8 Å². The molecule has 0 spiro atoms. The molecule has 7 heteroatoms. The van der Waals surface area contributed by atoms with E-state index >= 15 is 0 Å². The molecule has 1 saturated heterocycles. The molecule has 1 aromatic carbocycles. The minimum Gasteiger partial charge on any atom is -0.342 e. The van der Waals surface area contributed by atoms with E-state index in [1.807, 2.05) is 35.2 Å². The molecule has 2 fully saturated rings. The molecule has 28 heavy (non-hydrogen) atoms. The number of carbonyl (C=O) groups excluding carboxylic acids is 3. The number of likely N-dealkylation sites (tertiary alicyclic amines) is 1. The highest BCUT2D eigenvalue weighted by molar-refractivity contribution is 7.18. The number of nitrogens with one attached hydrogen (secondary N) is 1. The van der Waals surface area contributed by atoms with Gasteiger partial charge in [-0.1, -0.05) is 41.7 Å². The van der Waals surface area contributed by atoms with Crippen molar-refractivity contribution in [2.45, 2.75) is 32.6 Å². The van der Waals surface area contributed by atoms with Crippen LogP contribution in [0.1, 0.15) is 42.3 Å². The lowest BCUT2D eigenvalue weighted by atomic mass is 9.95. The Morgan fingerprint density at radius 3 is 2.32 bits per heavy atom. The van der Waals surface area contributed by atoms with E-state index in [2.05, 4.69) is 10.3 Å². The molecule has 1 aliphatic carbocycles. The number of benzene rings is 1. The van der Waals surface area contributed by atoms with Crippen LogP contribution in [0.3, 0.4) is 0 Å². The van der Waals surface area contributed by atoms with Crippen LogP contribution in [-0.4, -0.2) is 40.6 Å². The van der Waals surface area contributed by atoms with Gasteiger partial charge in [-0.3, -0.25) is 14.4 Å². The van der Waals surface area contributed by atoms with E-state index in [4.69, 9.17) is 0 Å². The zero-order valence-electron chi connectivity index (χ0n) is 15.8. The SMILES string of the molecule is CC(=O)c1sc(NC(=O)C2CCN(C(=O)C3CC3)CC2)nc1-c1ccccc1. The Kier molecular flexibility index (Phi) is 5.26. The van der Waals surface area contributed by atoms with E-state index in [1.54, 1.807) is 0 Å². The third-order valence-corrected chi connectivity index (χ3v) is 6.40. The van der Waals surface area contributed by atoms with Crippen LogP contribution >= 0.6 is 11.3 Å². The van der Waals surface area contributed by atoms with E-state index in [0.717, 1.165) is 18.4 Å². The number of nitrogens with zero attached hydrogens (tertiary/aromatic N) is 2. The van der Waals surface area contributed by atoms with Gasteiger partial charge in [-0.15, -0.1) is 0 Å². The van der Waals surface area contributed by atoms with Crippen molar-refractivity contribution in [2.75, 3.05) is 18.4 Å². The van der Waals surface area contributed by atoms with Crippen molar-refractivity contribution in [3.05, 3.63) is 35.2 Å². The Morgan fingerprint density at radius 1 is 1.04 bits per heavy atom. The predicted molar refractivity (Wildman–Crippen MR) is 108 cm³/mol. The van der Waals surface area contributed by atoms with Gasteiger partial charge in [0, 0.05) is 37.4 Å². The average molecular weight is 398 g/mol. The summed E-state index contributed by atoms with van der Waals surface area (Å²) in [5, 5.41) is 3.34. The Balaban J connectivity index is 1.42. The molecule has 2 aliphatic rings. The summed E-state index contributed by atoms with van der Waals surface area (Å²) in [5.41, 5.74) is 1.47. The van der Waals surface area contributed by atoms with Crippen molar-refractivity contribution in [2.24, 2.45) is 11.8 Å². The minimum atomic E-state index is -0.131. The van der Waals surface area contributed by atoms with Crippen LogP contribution in [-0.2, 0) is 9.59 Å². The molecule has 0 bridgehead atoms. The monoisotopic (exact) mass is 397 g/mol. The van der Waals surface area contributed by atoms with Gasteiger partial charge in [-0.2, -0.15) is 0 Å². The Morgan fingerprint density at radius 2 is 1.71 bits per heavy atom. The number of piperidine rings is 1. The van der Waals surface area contributed by atoms with Crippen molar-refractivity contribution < 1.29 is 14.4 Å². The third kappa shape index (κ3) is 3.99. The molecule has 1 aliphatic heterocycles. The number of aromatic nitrogens is 1. The normalized spacial score (nSPS) is 17.4. The lowest BCUT2D eigenvalue weighted by Gasteiger charge is -2.31. The maximum atomic E-state index is 12.7. The second kappa shape index (κ2) is 7.83. The fourth-order valence-electron chi connectivity index (χ4n) is 3.56. The van der Waals surface area contributed by atoms with Gasteiger partial charge in [0.25, 0.3) is 0 Å². The summed E-state index contributed by atoms with van der Waals surface area (Å²) in [6, 6.07) is 9.51. The summed E-state index contributed by atoms with van der Waals surface area (Å²) in [7, 11) is 0. The minimum absolute atomic E-state index is 0.0660. The van der Waals surface area contributed by atoms with Crippen LogP contribution in [0.4, 0.5) is 5.13 Å². The summed E-state index contributed by atoms with van der Waals surface area (Å²) in [4.78, 5) is 43.8. The van der Waals surface area contributed by atoms with Crippen molar-refractivity contribution in [3.63, 3.8) is 0 Å². The number of hydrogen-bond acceptors (Lipinski definition) is 5. The van der Waals surface area contributed by atoms with Crippen LogP contribution in [0.15, 0.2) is 30.3 Å². The molecular formula is C21H23N3O3S. The number of thiazole rings is 1. The van der Waals surface area contributed by atoms with Gasteiger partial charge >= 0.3 is 0 Å². The lowest BCUT2D eigenvalue weighted by molar-refractivity contribution is -0.135. The number of ketones is 1.